The predicted molar refractivity (Wildman–Crippen MR) is 63.1 cm³/mol. The Morgan fingerprint density at radius 1 is 1.43 bits per heavy atom. The number of hydrogen-bond acceptors (Lipinski definition) is 3. The number of nitrogens with one attached hydrogen (secondary N) is 1. The van der Waals surface area contributed by atoms with Gasteiger partial charge in [-0.15, -0.1) is 12.6 Å². The molecular formula is C8H9NO2S3. The maximum Gasteiger partial charge on any atom is 0.263 e. The second kappa shape index (κ2) is 4.29. The van der Waals surface area contributed by atoms with Crippen molar-refractivity contribution in [1.82, 2.24) is 4.72 Å². The molecule has 0 aliphatic rings. The molecular weight excluding hydrogens is 238 g/mol. The first-order chi connectivity index (χ1) is 6.43. The average Bonchev–Trinajstić information content (AvgIpc) is 2.02. The van der Waals surface area contributed by atoms with E-state index in [2.05, 4.69) is 29.6 Å². The topological polar surface area (TPSA) is 46.2 Å². The molecule has 0 aliphatic carbocycles. The molecule has 3 nitrogen and oxygen atoms in total. The molecule has 1 N–H and O–H groups in total. The lowest BCUT2D eigenvalue weighted by molar-refractivity contribution is 0.592. The van der Waals surface area contributed by atoms with Crippen LogP contribution in [0.25, 0.3) is 0 Å². The number of sulfonamides is 1. The van der Waals surface area contributed by atoms with Crippen LogP contribution < -0.4 is 4.72 Å². The summed E-state index contributed by atoms with van der Waals surface area (Å²) in [5.41, 5.74) is 0.671. The summed E-state index contributed by atoms with van der Waals surface area (Å²) in [5, 5.41) is 0. The smallest absolute Gasteiger partial charge is 0.263 e. The molecule has 0 fully saturated rings. The molecule has 76 valence electrons. The molecule has 0 unspecified atom stereocenters. The van der Waals surface area contributed by atoms with E-state index in [1.165, 1.54) is 6.07 Å². The number of hydrogen-bond donors (Lipinski definition) is 2. The summed E-state index contributed by atoms with van der Waals surface area (Å²) in [7, 11) is -3.56. The zero-order valence-electron chi connectivity index (χ0n) is 7.39. The van der Waals surface area contributed by atoms with Crippen molar-refractivity contribution in [2.24, 2.45) is 0 Å². The quantitative estimate of drug-likeness (QED) is 0.615. The highest BCUT2D eigenvalue weighted by molar-refractivity contribution is 8.12. The van der Waals surface area contributed by atoms with Gasteiger partial charge in [0, 0.05) is 0 Å². The highest BCUT2D eigenvalue weighted by Gasteiger charge is 2.15. The monoisotopic (exact) mass is 247 g/mol. The highest BCUT2D eigenvalue weighted by atomic mass is 32.2. The summed E-state index contributed by atoms with van der Waals surface area (Å²) < 4.78 is 25.3. The van der Waals surface area contributed by atoms with E-state index in [9.17, 15) is 8.42 Å². The van der Waals surface area contributed by atoms with Gasteiger partial charge in [0.25, 0.3) is 10.0 Å². The van der Waals surface area contributed by atoms with E-state index in [1.807, 2.05) is 0 Å². The van der Waals surface area contributed by atoms with Crippen LogP contribution >= 0.6 is 24.8 Å². The van der Waals surface area contributed by atoms with Gasteiger partial charge < -0.3 is 0 Å². The predicted octanol–water partition coefficient (Wildman–Crippen LogP) is 1.49. The number of thiol groups is 1. The van der Waals surface area contributed by atoms with Crippen molar-refractivity contribution in [3.63, 3.8) is 0 Å². The van der Waals surface area contributed by atoms with E-state index in [1.54, 1.807) is 25.1 Å². The van der Waals surface area contributed by atoms with Crippen molar-refractivity contribution < 1.29 is 8.42 Å². The van der Waals surface area contributed by atoms with E-state index < -0.39 is 10.0 Å². The van der Waals surface area contributed by atoms with Gasteiger partial charge >= 0.3 is 0 Å². The van der Waals surface area contributed by atoms with Crippen molar-refractivity contribution in [2.45, 2.75) is 11.8 Å². The molecule has 1 rings (SSSR count). The maximum atomic E-state index is 11.6. The van der Waals surface area contributed by atoms with Crippen molar-refractivity contribution in [3.05, 3.63) is 29.8 Å². The van der Waals surface area contributed by atoms with Crippen LogP contribution in [0.5, 0.6) is 0 Å². The van der Waals surface area contributed by atoms with Gasteiger partial charge in [0.15, 0.2) is 0 Å². The number of benzene rings is 1. The lowest BCUT2D eigenvalue weighted by Crippen LogP contribution is -2.26. The van der Waals surface area contributed by atoms with E-state index in [0.717, 1.165) is 0 Å². The highest BCUT2D eigenvalue weighted by Crippen LogP contribution is 2.13. The van der Waals surface area contributed by atoms with E-state index in [4.69, 9.17) is 0 Å². The minimum atomic E-state index is -3.56. The molecule has 0 aromatic heterocycles. The number of rotatable bonds is 2. The van der Waals surface area contributed by atoms with Crippen LogP contribution in [-0.4, -0.2) is 12.7 Å². The first-order valence-electron chi connectivity index (χ1n) is 3.75. The Bertz CT molecular complexity index is 453. The fourth-order valence-corrected chi connectivity index (χ4v) is 2.81. The van der Waals surface area contributed by atoms with Gasteiger partial charge in [-0.3, -0.25) is 4.72 Å². The fraction of sp³-hybridized carbons (Fsp3) is 0.125. The van der Waals surface area contributed by atoms with Crippen molar-refractivity contribution in [2.75, 3.05) is 0 Å². The number of aryl methyl sites for hydroxylation is 1. The van der Waals surface area contributed by atoms with Crippen LogP contribution in [0.4, 0.5) is 0 Å². The lowest BCUT2D eigenvalue weighted by atomic mass is 10.2. The molecule has 0 atom stereocenters. The molecule has 0 amide bonds. The van der Waals surface area contributed by atoms with Gasteiger partial charge in [0.1, 0.15) is 4.32 Å². The normalized spacial score (nSPS) is 11.0. The summed E-state index contributed by atoms with van der Waals surface area (Å²) in [4.78, 5) is 0.219. The van der Waals surface area contributed by atoms with Gasteiger partial charge in [-0.05, 0) is 18.6 Å². The Morgan fingerprint density at radius 2 is 2.00 bits per heavy atom. The molecule has 0 bridgehead atoms. The van der Waals surface area contributed by atoms with Crippen LogP contribution in [0.2, 0.25) is 0 Å². The maximum absolute atomic E-state index is 11.6. The largest absolute Gasteiger partial charge is 0.264 e. The van der Waals surface area contributed by atoms with Crippen molar-refractivity contribution >= 4 is 39.2 Å². The average molecular weight is 247 g/mol. The molecule has 0 radical (unpaired) electrons. The molecule has 14 heavy (non-hydrogen) atoms. The summed E-state index contributed by atoms with van der Waals surface area (Å²) in [6.45, 7) is 1.72. The summed E-state index contributed by atoms with van der Waals surface area (Å²) >= 11 is 8.28. The molecule has 0 saturated carbocycles. The zero-order valence-corrected chi connectivity index (χ0v) is 9.92. The standard InChI is InChI=1S/C8H9NO2S3/c1-6-4-2-3-5-7(6)14(10,11)9-8(12)13/h2-5H,1H3,(H2,9,12,13). The van der Waals surface area contributed by atoms with Crippen molar-refractivity contribution in [1.29, 1.82) is 0 Å². The van der Waals surface area contributed by atoms with E-state index >= 15 is 0 Å². The third kappa shape index (κ3) is 2.70. The van der Waals surface area contributed by atoms with Crippen LogP contribution in [-0.2, 0) is 10.0 Å². The second-order valence-corrected chi connectivity index (χ2v) is 5.49. The summed E-state index contributed by atoms with van der Waals surface area (Å²) in [5.74, 6) is 0. The van der Waals surface area contributed by atoms with Crippen LogP contribution in [0, 0.1) is 6.92 Å². The summed E-state index contributed by atoms with van der Waals surface area (Å²) in [6, 6.07) is 6.66. The lowest BCUT2D eigenvalue weighted by Gasteiger charge is -2.07. The van der Waals surface area contributed by atoms with Crippen LogP contribution in [0.3, 0.4) is 0 Å². The van der Waals surface area contributed by atoms with Gasteiger partial charge in [-0.25, -0.2) is 8.42 Å². The Morgan fingerprint density at radius 3 is 2.50 bits per heavy atom. The van der Waals surface area contributed by atoms with Gasteiger partial charge in [0.2, 0.25) is 0 Å². The summed E-state index contributed by atoms with van der Waals surface area (Å²) in [6.07, 6.45) is 0. The Kier molecular flexibility index (Phi) is 3.52. The minimum absolute atomic E-state index is 0.0618. The molecule has 0 heterocycles. The first kappa shape index (κ1) is 11.5. The Balaban J connectivity index is 3.17. The third-order valence-corrected chi connectivity index (χ3v) is 3.61. The van der Waals surface area contributed by atoms with Crippen LogP contribution in [0.15, 0.2) is 29.2 Å². The Labute approximate surface area is 94.0 Å². The zero-order chi connectivity index (χ0) is 10.8. The molecule has 0 spiro atoms. The van der Waals surface area contributed by atoms with Crippen LogP contribution in [0.1, 0.15) is 5.56 Å². The fourth-order valence-electron chi connectivity index (χ4n) is 1.03. The van der Waals surface area contributed by atoms with Crippen molar-refractivity contribution in [3.8, 4) is 0 Å². The second-order valence-electron chi connectivity index (χ2n) is 2.68. The first-order valence-corrected chi connectivity index (χ1v) is 6.09. The Hall–Kier alpha value is -0.590. The minimum Gasteiger partial charge on any atom is -0.264 e. The molecule has 1 aromatic carbocycles. The van der Waals surface area contributed by atoms with E-state index in [-0.39, 0.29) is 9.22 Å². The van der Waals surface area contributed by atoms with E-state index in [0.29, 0.717) is 5.56 Å². The van der Waals surface area contributed by atoms with Gasteiger partial charge in [-0.2, -0.15) is 0 Å². The molecule has 0 saturated heterocycles. The molecule has 1 aromatic rings. The third-order valence-electron chi connectivity index (χ3n) is 1.60. The molecule has 6 heteroatoms. The molecule has 0 aliphatic heterocycles. The van der Waals surface area contributed by atoms with Gasteiger partial charge in [-0.1, -0.05) is 30.4 Å². The SMILES string of the molecule is Cc1ccccc1S(=O)(=O)NC(=S)S. The number of thiocarbonyl (C=S) groups is 1. The van der Waals surface area contributed by atoms with Gasteiger partial charge in [0.05, 0.1) is 4.90 Å².